The number of nitrogens with zero attached hydrogens (tertiary/aromatic N) is 1. The maximum absolute atomic E-state index is 4.66. The molecule has 0 unspecified atom stereocenters. The largest absolute Gasteiger partial charge is 0.358 e. The number of benzene rings is 1. The molecule has 0 saturated carbocycles. The molecule has 1 N–H and O–H groups in total. The molecule has 0 aliphatic carbocycles. The Bertz CT molecular complexity index is 693. The van der Waals surface area contributed by atoms with Crippen LogP contribution in [0.2, 0.25) is 0 Å². The molecule has 1 aromatic carbocycles. The summed E-state index contributed by atoms with van der Waals surface area (Å²) in [4.78, 5) is 8.13. The van der Waals surface area contributed by atoms with Crippen LogP contribution in [0.1, 0.15) is 17.0 Å². The molecule has 0 aliphatic heterocycles. The van der Waals surface area contributed by atoms with Crippen LogP contribution < -0.4 is 0 Å². The van der Waals surface area contributed by atoms with Crippen LogP contribution in [0.3, 0.4) is 0 Å². The van der Waals surface area contributed by atoms with Gasteiger partial charge in [0, 0.05) is 22.2 Å². The lowest BCUT2D eigenvalue weighted by Crippen LogP contribution is -1.86. The minimum absolute atomic E-state index is 1.06. The van der Waals surface area contributed by atoms with Crippen LogP contribution in [0.5, 0.6) is 0 Å². The first-order valence-electron chi connectivity index (χ1n) is 5.52. The van der Waals surface area contributed by atoms with Crippen LogP contribution in [0.4, 0.5) is 0 Å². The second kappa shape index (κ2) is 3.08. The summed E-state index contributed by atoms with van der Waals surface area (Å²) in [7, 11) is 0. The van der Waals surface area contributed by atoms with Crippen molar-refractivity contribution in [3.8, 4) is 0 Å². The van der Waals surface area contributed by atoms with Gasteiger partial charge in [0.05, 0.1) is 11.0 Å². The number of aromatic nitrogens is 2. The lowest BCUT2D eigenvalue weighted by atomic mass is 10.1. The Labute approximate surface area is 94.3 Å². The third-order valence-corrected chi connectivity index (χ3v) is 3.32. The number of nitrogens with one attached hydrogen (secondary N) is 1. The minimum Gasteiger partial charge on any atom is -0.358 e. The third kappa shape index (κ3) is 1.10. The van der Waals surface area contributed by atoms with Crippen LogP contribution in [0.25, 0.3) is 21.8 Å². The lowest BCUT2D eigenvalue weighted by molar-refractivity contribution is 1.25. The van der Waals surface area contributed by atoms with Crippen molar-refractivity contribution in [3.63, 3.8) is 0 Å². The van der Waals surface area contributed by atoms with Crippen molar-refractivity contribution in [3.05, 3.63) is 41.2 Å². The van der Waals surface area contributed by atoms with Crippen LogP contribution in [0.15, 0.2) is 24.3 Å². The van der Waals surface area contributed by atoms with Crippen molar-refractivity contribution < 1.29 is 0 Å². The number of rotatable bonds is 0. The first-order valence-corrected chi connectivity index (χ1v) is 5.52. The van der Waals surface area contributed by atoms with Gasteiger partial charge in [0.2, 0.25) is 0 Å². The van der Waals surface area contributed by atoms with Gasteiger partial charge in [-0.2, -0.15) is 0 Å². The van der Waals surface area contributed by atoms with E-state index in [9.17, 15) is 0 Å². The van der Waals surface area contributed by atoms with Gasteiger partial charge in [-0.05, 0) is 32.4 Å². The molecule has 0 bridgehead atoms. The van der Waals surface area contributed by atoms with Gasteiger partial charge in [0.15, 0.2) is 0 Å². The number of hydrogen-bond acceptors (Lipinski definition) is 1. The number of aryl methyl sites for hydroxylation is 3. The molecule has 0 radical (unpaired) electrons. The van der Waals surface area contributed by atoms with Gasteiger partial charge in [-0.1, -0.05) is 18.2 Å². The molecule has 0 amide bonds. The number of pyridine rings is 1. The number of H-pyrrole nitrogens is 1. The molecule has 3 aromatic rings. The van der Waals surface area contributed by atoms with E-state index in [1.54, 1.807) is 0 Å². The average Bonchev–Trinajstić information content (AvgIpc) is 2.57. The first-order chi connectivity index (χ1) is 7.68. The highest BCUT2D eigenvalue weighted by atomic mass is 14.8. The zero-order chi connectivity index (χ0) is 11.3. The standard InChI is InChI=1S/C14H14N2/c1-8-9(2)16-14-11-6-4-5-7-12(11)15-10(3)13(8)14/h4-7,16H,1-3H3. The molecule has 0 atom stereocenters. The van der Waals surface area contributed by atoms with Gasteiger partial charge in [-0.3, -0.25) is 4.98 Å². The Morgan fingerprint density at radius 1 is 1.06 bits per heavy atom. The highest BCUT2D eigenvalue weighted by molar-refractivity contribution is 6.06. The van der Waals surface area contributed by atoms with E-state index < -0.39 is 0 Å². The second-order valence-electron chi connectivity index (χ2n) is 4.34. The van der Waals surface area contributed by atoms with Gasteiger partial charge < -0.3 is 4.98 Å². The molecule has 0 fully saturated rings. The summed E-state index contributed by atoms with van der Waals surface area (Å²) in [6.07, 6.45) is 0. The van der Waals surface area contributed by atoms with Crippen molar-refractivity contribution >= 4 is 21.8 Å². The van der Waals surface area contributed by atoms with Gasteiger partial charge in [-0.15, -0.1) is 0 Å². The Morgan fingerprint density at radius 2 is 1.81 bits per heavy atom. The molecule has 2 heteroatoms. The molecule has 2 heterocycles. The van der Waals surface area contributed by atoms with E-state index in [-0.39, 0.29) is 0 Å². The number of fused-ring (bicyclic) bond motifs is 3. The molecule has 0 saturated heterocycles. The molecule has 3 rings (SSSR count). The van der Waals surface area contributed by atoms with E-state index in [2.05, 4.69) is 48.9 Å². The average molecular weight is 210 g/mol. The van der Waals surface area contributed by atoms with Crippen molar-refractivity contribution in [2.45, 2.75) is 20.8 Å². The zero-order valence-corrected chi connectivity index (χ0v) is 9.76. The van der Waals surface area contributed by atoms with E-state index in [1.165, 1.54) is 27.5 Å². The van der Waals surface area contributed by atoms with Crippen molar-refractivity contribution in [2.24, 2.45) is 0 Å². The van der Waals surface area contributed by atoms with E-state index in [1.807, 2.05) is 6.07 Å². The number of para-hydroxylation sites is 1. The number of hydrogen-bond donors (Lipinski definition) is 1. The molecule has 16 heavy (non-hydrogen) atoms. The topological polar surface area (TPSA) is 28.7 Å². The van der Waals surface area contributed by atoms with Crippen molar-refractivity contribution in [2.75, 3.05) is 0 Å². The molecule has 2 nitrogen and oxygen atoms in total. The fraction of sp³-hybridized carbons (Fsp3) is 0.214. The predicted molar refractivity (Wildman–Crippen MR) is 67.8 cm³/mol. The van der Waals surface area contributed by atoms with Crippen LogP contribution in [0, 0.1) is 20.8 Å². The summed E-state index contributed by atoms with van der Waals surface area (Å²) < 4.78 is 0. The second-order valence-corrected chi connectivity index (χ2v) is 4.34. The van der Waals surface area contributed by atoms with Crippen LogP contribution in [-0.2, 0) is 0 Å². The predicted octanol–water partition coefficient (Wildman–Crippen LogP) is 3.64. The quantitative estimate of drug-likeness (QED) is 0.603. The first kappa shape index (κ1) is 9.40. The zero-order valence-electron chi connectivity index (χ0n) is 9.76. The van der Waals surface area contributed by atoms with E-state index in [0.29, 0.717) is 0 Å². The summed E-state index contributed by atoms with van der Waals surface area (Å²) in [6.45, 7) is 6.34. The van der Waals surface area contributed by atoms with E-state index in [0.717, 1.165) is 11.2 Å². The van der Waals surface area contributed by atoms with E-state index in [4.69, 9.17) is 0 Å². The summed E-state index contributed by atoms with van der Waals surface area (Å²) in [6, 6.07) is 8.28. The minimum atomic E-state index is 1.06. The Morgan fingerprint density at radius 3 is 2.62 bits per heavy atom. The van der Waals surface area contributed by atoms with E-state index >= 15 is 0 Å². The third-order valence-electron chi connectivity index (χ3n) is 3.32. The SMILES string of the molecule is Cc1[nH]c2c(c(C)nc3ccccc32)c1C. The Hall–Kier alpha value is -1.83. The van der Waals surface area contributed by atoms with Crippen LogP contribution >= 0.6 is 0 Å². The lowest BCUT2D eigenvalue weighted by Gasteiger charge is -2.02. The molecule has 2 aromatic heterocycles. The summed E-state index contributed by atoms with van der Waals surface area (Å²) >= 11 is 0. The maximum Gasteiger partial charge on any atom is 0.0726 e. The fourth-order valence-corrected chi connectivity index (χ4v) is 2.39. The summed E-state index contributed by atoms with van der Waals surface area (Å²) in [5.74, 6) is 0. The molecule has 0 spiro atoms. The highest BCUT2D eigenvalue weighted by Gasteiger charge is 2.11. The van der Waals surface area contributed by atoms with Crippen molar-refractivity contribution in [1.82, 2.24) is 9.97 Å². The maximum atomic E-state index is 4.66. The van der Waals surface area contributed by atoms with Crippen LogP contribution in [-0.4, -0.2) is 9.97 Å². The Balaban J connectivity index is 2.65. The molecule has 80 valence electrons. The fourth-order valence-electron chi connectivity index (χ4n) is 2.39. The highest BCUT2D eigenvalue weighted by Crippen LogP contribution is 2.29. The van der Waals surface area contributed by atoms with Gasteiger partial charge in [0.25, 0.3) is 0 Å². The Kier molecular flexibility index (Phi) is 1.81. The van der Waals surface area contributed by atoms with Gasteiger partial charge >= 0.3 is 0 Å². The van der Waals surface area contributed by atoms with Crippen molar-refractivity contribution in [1.29, 1.82) is 0 Å². The molecular formula is C14H14N2. The smallest absolute Gasteiger partial charge is 0.0726 e. The summed E-state index contributed by atoms with van der Waals surface area (Å²) in [5.41, 5.74) is 5.93. The normalized spacial score (nSPS) is 11.4. The summed E-state index contributed by atoms with van der Waals surface area (Å²) in [5, 5.41) is 2.48. The van der Waals surface area contributed by atoms with Gasteiger partial charge in [-0.25, -0.2) is 0 Å². The van der Waals surface area contributed by atoms with Gasteiger partial charge in [0.1, 0.15) is 0 Å². The molecule has 0 aliphatic rings. The number of aromatic amines is 1. The monoisotopic (exact) mass is 210 g/mol. The molecular weight excluding hydrogens is 196 g/mol.